The fourth-order valence-electron chi connectivity index (χ4n) is 1.59. The highest BCUT2D eigenvalue weighted by atomic mass is 16.3. The molecule has 0 spiro atoms. The third-order valence-electron chi connectivity index (χ3n) is 2.43. The van der Waals surface area contributed by atoms with Crippen molar-refractivity contribution in [2.75, 3.05) is 32.8 Å². The van der Waals surface area contributed by atoms with E-state index in [0.717, 1.165) is 26.1 Å². The highest BCUT2D eigenvalue weighted by Crippen LogP contribution is 2.28. The molecule has 2 N–H and O–H groups in total. The van der Waals surface area contributed by atoms with Crippen molar-refractivity contribution in [2.24, 2.45) is 5.41 Å². The second-order valence-electron chi connectivity index (χ2n) is 3.72. The lowest BCUT2D eigenvalue weighted by Crippen LogP contribution is -2.29. The van der Waals surface area contributed by atoms with Crippen LogP contribution in [0.1, 0.15) is 13.3 Å². The van der Waals surface area contributed by atoms with Crippen molar-refractivity contribution < 1.29 is 10.2 Å². The monoisotopic (exact) mass is 159 g/mol. The Hall–Kier alpha value is -0.120. The van der Waals surface area contributed by atoms with Gasteiger partial charge in [-0.25, -0.2) is 0 Å². The van der Waals surface area contributed by atoms with Gasteiger partial charge in [0.05, 0.1) is 6.61 Å². The highest BCUT2D eigenvalue weighted by Gasteiger charge is 2.32. The maximum atomic E-state index is 9.02. The average Bonchev–Trinajstić information content (AvgIpc) is 2.35. The summed E-state index contributed by atoms with van der Waals surface area (Å²) in [6, 6.07) is 0. The molecular weight excluding hydrogens is 142 g/mol. The summed E-state index contributed by atoms with van der Waals surface area (Å²) in [5.74, 6) is 0. The molecule has 66 valence electrons. The summed E-state index contributed by atoms with van der Waals surface area (Å²) < 4.78 is 0. The Morgan fingerprint density at radius 1 is 1.45 bits per heavy atom. The van der Waals surface area contributed by atoms with E-state index in [2.05, 4.69) is 11.8 Å². The first kappa shape index (κ1) is 8.97. The van der Waals surface area contributed by atoms with Gasteiger partial charge in [0, 0.05) is 25.1 Å². The van der Waals surface area contributed by atoms with E-state index >= 15 is 0 Å². The predicted molar refractivity (Wildman–Crippen MR) is 43.3 cm³/mol. The summed E-state index contributed by atoms with van der Waals surface area (Å²) in [5.41, 5.74) is 0.0785. The zero-order valence-electron chi connectivity index (χ0n) is 7.08. The van der Waals surface area contributed by atoms with Crippen LogP contribution >= 0.6 is 0 Å². The van der Waals surface area contributed by atoms with Crippen LogP contribution in [0.25, 0.3) is 0 Å². The van der Waals surface area contributed by atoms with Crippen LogP contribution in [0.2, 0.25) is 0 Å². The van der Waals surface area contributed by atoms with Crippen molar-refractivity contribution in [3.8, 4) is 0 Å². The summed E-state index contributed by atoms with van der Waals surface area (Å²) >= 11 is 0. The Bertz CT molecular complexity index is 129. The predicted octanol–water partition coefficient (Wildman–Crippen LogP) is -0.317. The number of hydrogen-bond donors (Lipinski definition) is 2. The van der Waals surface area contributed by atoms with Gasteiger partial charge in [-0.05, 0) is 13.0 Å². The molecule has 3 heteroatoms. The van der Waals surface area contributed by atoms with Gasteiger partial charge in [0.15, 0.2) is 0 Å². The van der Waals surface area contributed by atoms with Crippen molar-refractivity contribution >= 4 is 0 Å². The van der Waals surface area contributed by atoms with Crippen molar-refractivity contribution in [3.05, 3.63) is 0 Å². The van der Waals surface area contributed by atoms with E-state index in [1.807, 2.05) is 0 Å². The molecule has 0 saturated carbocycles. The number of hydrogen-bond acceptors (Lipinski definition) is 3. The number of nitrogens with zero attached hydrogens (tertiary/aromatic N) is 1. The third kappa shape index (κ3) is 2.15. The van der Waals surface area contributed by atoms with Crippen LogP contribution in [0.5, 0.6) is 0 Å². The highest BCUT2D eigenvalue weighted by molar-refractivity contribution is 4.85. The summed E-state index contributed by atoms with van der Waals surface area (Å²) in [6.45, 7) is 5.25. The molecule has 0 radical (unpaired) electrons. The van der Waals surface area contributed by atoms with E-state index in [1.54, 1.807) is 0 Å². The molecule has 11 heavy (non-hydrogen) atoms. The van der Waals surface area contributed by atoms with Gasteiger partial charge in [-0.2, -0.15) is 0 Å². The van der Waals surface area contributed by atoms with Gasteiger partial charge >= 0.3 is 0 Å². The maximum Gasteiger partial charge on any atom is 0.0558 e. The molecule has 1 atom stereocenters. The third-order valence-corrected chi connectivity index (χ3v) is 2.43. The molecule has 1 unspecified atom stereocenters. The molecule has 0 amide bonds. The molecular formula is C8H17NO2. The van der Waals surface area contributed by atoms with Crippen LogP contribution in [-0.4, -0.2) is 48.0 Å². The fourth-order valence-corrected chi connectivity index (χ4v) is 1.59. The van der Waals surface area contributed by atoms with Crippen molar-refractivity contribution in [3.63, 3.8) is 0 Å². The largest absolute Gasteiger partial charge is 0.396 e. The van der Waals surface area contributed by atoms with Gasteiger partial charge in [0.25, 0.3) is 0 Å². The van der Waals surface area contributed by atoms with Crippen molar-refractivity contribution in [2.45, 2.75) is 13.3 Å². The van der Waals surface area contributed by atoms with Crippen LogP contribution in [0, 0.1) is 5.41 Å². The van der Waals surface area contributed by atoms with Crippen LogP contribution in [-0.2, 0) is 0 Å². The van der Waals surface area contributed by atoms with E-state index in [4.69, 9.17) is 10.2 Å². The van der Waals surface area contributed by atoms with E-state index in [1.165, 1.54) is 0 Å². The number of aliphatic hydroxyl groups is 2. The average molecular weight is 159 g/mol. The zero-order valence-corrected chi connectivity index (χ0v) is 7.08. The topological polar surface area (TPSA) is 43.7 Å². The Kier molecular flexibility index (Phi) is 2.87. The van der Waals surface area contributed by atoms with Gasteiger partial charge in [0.2, 0.25) is 0 Å². The standard InChI is InChI=1S/C8H17NO2/c1-8(7-11)2-3-9(6-8)4-5-10/h10-11H,2-7H2,1H3. The van der Waals surface area contributed by atoms with Crippen LogP contribution in [0.3, 0.4) is 0 Å². The number of likely N-dealkylation sites (tertiary alicyclic amines) is 1. The van der Waals surface area contributed by atoms with E-state index in [-0.39, 0.29) is 18.6 Å². The quantitative estimate of drug-likeness (QED) is 0.593. The van der Waals surface area contributed by atoms with E-state index in [0.29, 0.717) is 0 Å². The summed E-state index contributed by atoms with van der Waals surface area (Å²) in [6.07, 6.45) is 1.05. The second kappa shape index (κ2) is 3.52. The van der Waals surface area contributed by atoms with Gasteiger partial charge in [-0.3, -0.25) is 0 Å². The molecule has 3 nitrogen and oxygen atoms in total. The van der Waals surface area contributed by atoms with Gasteiger partial charge < -0.3 is 15.1 Å². The minimum atomic E-state index is 0.0785. The van der Waals surface area contributed by atoms with Crippen molar-refractivity contribution in [1.29, 1.82) is 0 Å². The van der Waals surface area contributed by atoms with Crippen LogP contribution in [0.4, 0.5) is 0 Å². The first-order valence-electron chi connectivity index (χ1n) is 4.14. The molecule has 0 aromatic heterocycles. The second-order valence-corrected chi connectivity index (χ2v) is 3.72. The molecule has 1 aliphatic rings. The normalized spacial score (nSPS) is 33.0. The van der Waals surface area contributed by atoms with E-state index in [9.17, 15) is 0 Å². The number of aliphatic hydroxyl groups excluding tert-OH is 2. The lowest BCUT2D eigenvalue weighted by molar-refractivity contribution is 0.138. The summed E-state index contributed by atoms with van der Waals surface area (Å²) in [5, 5.41) is 17.7. The maximum absolute atomic E-state index is 9.02. The minimum Gasteiger partial charge on any atom is -0.396 e. The Balaban J connectivity index is 2.33. The van der Waals surface area contributed by atoms with Gasteiger partial charge in [0.1, 0.15) is 0 Å². The lowest BCUT2D eigenvalue weighted by atomic mass is 9.91. The number of rotatable bonds is 3. The molecule has 1 fully saturated rings. The first-order valence-corrected chi connectivity index (χ1v) is 4.14. The molecule has 0 bridgehead atoms. The fraction of sp³-hybridized carbons (Fsp3) is 1.00. The summed E-state index contributed by atoms with van der Waals surface area (Å²) in [4.78, 5) is 2.19. The molecule has 1 heterocycles. The zero-order chi connectivity index (χ0) is 8.32. The number of β-amino-alcohol motifs (C(OH)–C–C–N with tert-alkyl or cyclic N) is 1. The van der Waals surface area contributed by atoms with Crippen LogP contribution < -0.4 is 0 Å². The van der Waals surface area contributed by atoms with Crippen molar-refractivity contribution in [1.82, 2.24) is 4.90 Å². The smallest absolute Gasteiger partial charge is 0.0558 e. The Labute approximate surface area is 67.6 Å². The molecule has 0 aromatic carbocycles. The SMILES string of the molecule is CC1(CO)CCN(CCO)C1. The lowest BCUT2D eigenvalue weighted by Gasteiger charge is -2.21. The Morgan fingerprint density at radius 2 is 2.18 bits per heavy atom. The minimum absolute atomic E-state index is 0.0785. The van der Waals surface area contributed by atoms with Crippen LogP contribution in [0.15, 0.2) is 0 Å². The molecule has 0 aliphatic carbocycles. The van der Waals surface area contributed by atoms with E-state index < -0.39 is 0 Å². The summed E-state index contributed by atoms with van der Waals surface area (Å²) in [7, 11) is 0. The molecule has 0 aromatic rings. The molecule has 1 rings (SSSR count). The van der Waals surface area contributed by atoms with Gasteiger partial charge in [-0.15, -0.1) is 0 Å². The first-order chi connectivity index (χ1) is 5.20. The van der Waals surface area contributed by atoms with Gasteiger partial charge in [-0.1, -0.05) is 6.92 Å². The molecule has 1 aliphatic heterocycles. The molecule has 1 saturated heterocycles. The Morgan fingerprint density at radius 3 is 2.64 bits per heavy atom.